The molecule has 6 nitrogen and oxygen atoms in total. The molecule has 0 aromatic heterocycles. The van der Waals surface area contributed by atoms with E-state index in [1.165, 1.54) is 17.0 Å². The number of amides is 1. The maximum atomic E-state index is 13.7. The molecule has 0 spiro atoms. The maximum Gasteiger partial charge on any atom is 0.415 e. The lowest BCUT2D eigenvalue weighted by Gasteiger charge is -2.36. The highest BCUT2D eigenvalue weighted by atomic mass is 35.7. The van der Waals surface area contributed by atoms with Gasteiger partial charge in [0.2, 0.25) is 9.05 Å². The van der Waals surface area contributed by atoms with Gasteiger partial charge in [-0.25, -0.2) is 17.6 Å². The van der Waals surface area contributed by atoms with Crippen molar-refractivity contribution < 1.29 is 27.1 Å². The zero-order valence-electron chi connectivity index (χ0n) is 14.2. The number of benzene rings is 2. The van der Waals surface area contributed by atoms with Gasteiger partial charge in [-0.1, -0.05) is 30.3 Å². The van der Waals surface area contributed by atoms with E-state index in [2.05, 4.69) is 0 Å². The molecule has 0 radical (unpaired) electrons. The SMILES string of the molecule is O=C(OCc1ccccc1)N1c2cc(F)ccc2OCC1CCS(=O)(=O)Cl. The first kappa shape index (κ1) is 19.4. The third-order valence-corrected chi connectivity index (χ3v) is 5.26. The van der Waals surface area contributed by atoms with E-state index in [9.17, 15) is 17.6 Å². The summed E-state index contributed by atoms with van der Waals surface area (Å²) >= 11 is 0. The molecule has 144 valence electrons. The molecule has 9 heteroatoms. The molecule has 1 aliphatic rings. The number of hydrogen-bond acceptors (Lipinski definition) is 5. The van der Waals surface area contributed by atoms with Crippen LogP contribution in [-0.4, -0.2) is 32.9 Å². The number of hydrogen-bond donors (Lipinski definition) is 0. The molecule has 0 aliphatic carbocycles. The molecular formula is C18H17ClFNO5S. The third kappa shape index (κ3) is 5.11. The van der Waals surface area contributed by atoms with Gasteiger partial charge in [0.25, 0.3) is 0 Å². The molecule has 1 heterocycles. The van der Waals surface area contributed by atoms with Crippen molar-refractivity contribution in [2.45, 2.75) is 19.1 Å². The van der Waals surface area contributed by atoms with Gasteiger partial charge < -0.3 is 9.47 Å². The lowest BCUT2D eigenvalue weighted by molar-refractivity contribution is 0.138. The van der Waals surface area contributed by atoms with E-state index in [1.54, 1.807) is 12.1 Å². The number of carbonyl (C=O) groups is 1. The van der Waals surface area contributed by atoms with Gasteiger partial charge in [-0.05, 0) is 24.1 Å². The summed E-state index contributed by atoms with van der Waals surface area (Å²) in [5.74, 6) is -0.586. The molecular weight excluding hydrogens is 397 g/mol. The molecule has 2 aromatic rings. The number of ether oxygens (including phenoxy) is 2. The summed E-state index contributed by atoms with van der Waals surface area (Å²) in [6.45, 7) is 0.0771. The average molecular weight is 414 g/mol. The van der Waals surface area contributed by atoms with E-state index in [0.717, 1.165) is 11.6 Å². The van der Waals surface area contributed by atoms with Crippen LogP contribution >= 0.6 is 10.7 Å². The van der Waals surface area contributed by atoms with Gasteiger partial charge in [0.1, 0.15) is 24.8 Å². The number of nitrogens with zero attached hydrogens (tertiary/aromatic N) is 1. The average Bonchev–Trinajstić information content (AvgIpc) is 2.64. The van der Waals surface area contributed by atoms with Gasteiger partial charge in [0, 0.05) is 16.7 Å². The smallest absolute Gasteiger partial charge is 0.415 e. The van der Waals surface area contributed by atoms with Crippen LogP contribution in [0.5, 0.6) is 5.75 Å². The number of rotatable bonds is 5. The summed E-state index contributed by atoms with van der Waals surface area (Å²) in [6.07, 6.45) is -0.687. The summed E-state index contributed by atoms with van der Waals surface area (Å²) in [6, 6.07) is 12.2. The second-order valence-electron chi connectivity index (χ2n) is 6.02. The lowest BCUT2D eigenvalue weighted by atomic mass is 10.1. The minimum atomic E-state index is -3.75. The summed E-state index contributed by atoms with van der Waals surface area (Å²) < 4.78 is 47.2. The lowest BCUT2D eigenvalue weighted by Crippen LogP contribution is -2.47. The third-order valence-electron chi connectivity index (χ3n) is 4.07. The van der Waals surface area contributed by atoms with Crippen molar-refractivity contribution in [1.82, 2.24) is 0 Å². The highest BCUT2D eigenvalue weighted by molar-refractivity contribution is 8.13. The van der Waals surface area contributed by atoms with Crippen molar-refractivity contribution in [3.63, 3.8) is 0 Å². The first-order valence-corrected chi connectivity index (χ1v) is 10.7. The van der Waals surface area contributed by atoms with Gasteiger partial charge in [-0.15, -0.1) is 0 Å². The Morgan fingerprint density at radius 2 is 2.00 bits per heavy atom. The quantitative estimate of drug-likeness (QED) is 0.699. The molecule has 2 aromatic carbocycles. The molecule has 0 bridgehead atoms. The summed E-state index contributed by atoms with van der Waals surface area (Å²) in [4.78, 5) is 14.0. The van der Waals surface area contributed by atoms with E-state index in [-0.39, 0.29) is 31.1 Å². The Labute approximate surface area is 160 Å². The van der Waals surface area contributed by atoms with E-state index in [4.69, 9.17) is 20.2 Å². The molecule has 1 unspecified atom stereocenters. The largest absolute Gasteiger partial charge is 0.489 e. The highest BCUT2D eigenvalue weighted by Gasteiger charge is 2.34. The fraction of sp³-hybridized carbons (Fsp3) is 0.278. The molecule has 0 saturated carbocycles. The van der Waals surface area contributed by atoms with Crippen LogP contribution in [0.15, 0.2) is 48.5 Å². The van der Waals surface area contributed by atoms with Crippen LogP contribution in [-0.2, 0) is 20.4 Å². The van der Waals surface area contributed by atoms with Gasteiger partial charge >= 0.3 is 6.09 Å². The predicted molar refractivity (Wildman–Crippen MR) is 99.0 cm³/mol. The molecule has 0 fully saturated rings. The van der Waals surface area contributed by atoms with Crippen LogP contribution < -0.4 is 9.64 Å². The molecule has 1 amide bonds. The van der Waals surface area contributed by atoms with E-state index in [0.29, 0.717) is 5.75 Å². The van der Waals surface area contributed by atoms with Crippen molar-refractivity contribution in [1.29, 1.82) is 0 Å². The first-order chi connectivity index (χ1) is 12.8. The fourth-order valence-electron chi connectivity index (χ4n) is 2.78. The van der Waals surface area contributed by atoms with Crippen molar-refractivity contribution >= 4 is 31.5 Å². The van der Waals surface area contributed by atoms with Crippen molar-refractivity contribution in [2.75, 3.05) is 17.3 Å². The number of carbonyl (C=O) groups excluding carboxylic acids is 1. The van der Waals surface area contributed by atoms with Gasteiger partial charge in [-0.2, -0.15) is 0 Å². The summed E-state index contributed by atoms with van der Waals surface area (Å²) in [5, 5.41) is 0. The number of anilines is 1. The van der Waals surface area contributed by atoms with Gasteiger partial charge in [-0.3, -0.25) is 4.90 Å². The second kappa shape index (κ2) is 8.14. The Kier molecular flexibility index (Phi) is 5.86. The Bertz CT molecular complexity index is 923. The minimum Gasteiger partial charge on any atom is -0.489 e. The van der Waals surface area contributed by atoms with Crippen LogP contribution in [0, 0.1) is 5.82 Å². The Hall–Kier alpha value is -2.32. The van der Waals surface area contributed by atoms with Crippen LogP contribution in [0.2, 0.25) is 0 Å². The van der Waals surface area contributed by atoms with Crippen molar-refractivity contribution in [3.05, 3.63) is 59.9 Å². The molecule has 0 saturated heterocycles. The Balaban J connectivity index is 1.83. The van der Waals surface area contributed by atoms with Crippen molar-refractivity contribution in [3.8, 4) is 5.75 Å². The standard InChI is InChI=1S/C18H17ClFNO5S/c19-27(23,24)9-8-15-12-25-17-7-6-14(20)10-16(17)21(15)18(22)26-11-13-4-2-1-3-5-13/h1-7,10,15H,8-9,11-12H2. The fourth-order valence-corrected chi connectivity index (χ4v) is 3.60. The van der Waals surface area contributed by atoms with E-state index < -0.39 is 27.0 Å². The minimum absolute atomic E-state index is 0.0300. The number of halogens is 2. The second-order valence-corrected chi connectivity index (χ2v) is 8.92. The zero-order valence-corrected chi connectivity index (χ0v) is 15.7. The molecule has 1 aliphatic heterocycles. The molecule has 0 N–H and O–H groups in total. The van der Waals surface area contributed by atoms with E-state index in [1.807, 2.05) is 18.2 Å². The van der Waals surface area contributed by atoms with Crippen LogP contribution in [0.4, 0.5) is 14.9 Å². The normalized spacial score (nSPS) is 16.4. The van der Waals surface area contributed by atoms with Crippen molar-refractivity contribution in [2.24, 2.45) is 0 Å². The Morgan fingerprint density at radius 3 is 2.70 bits per heavy atom. The van der Waals surface area contributed by atoms with E-state index >= 15 is 0 Å². The zero-order chi connectivity index (χ0) is 19.4. The molecule has 3 rings (SSSR count). The van der Waals surface area contributed by atoms with Crippen LogP contribution in [0.25, 0.3) is 0 Å². The summed E-state index contributed by atoms with van der Waals surface area (Å²) in [7, 11) is 1.53. The van der Waals surface area contributed by atoms with Gasteiger partial charge in [0.15, 0.2) is 0 Å². The first-order valence-electron chi connectivity index (χ1n) is 8.18. The molecule has 1 atom stereocenters. The predicted octanol–water partition coefficient (Wildman–Crippen LogP) is 3.69. The van der Waals surface area contributed by atoms with Gasteiger partial charge in [0.05, 0.1) is 17.5 Å². The maximum absolute atomic E-state index is 13.7. The number of fused-ring (bicyclic) bond motifs is 1. The topological polar surface area (TPSA) is 72.9 Å². The van der Waals surface area contributed by atoms with Crippen LogP contribution in [0.1, 0.15) is 12.0 Å². The summed E-state index contributed by atoms with van der Waals surface area (Å²) in [5.41, 5.74) is 0.981. The highest BCUT2D eigenvalue weighted by Crippen LogP contribution is 2.36. The Morgan fingerprint density at radius 1 is 1.26 bits per heavy atom. The monoisotopic (exact) mass is 413 g/mol. The molecule has 27 heavy (non-hydrogen) atoms. The van der Waals surface area contributed by atoms with Crippen LogP contribution in [0.3, 0.4) is 0 Å².